The summed E-state index contributed by atoms with van der Waals surface area (Å²) in [5.74, 6) is -3.58. The molecule has 0 radical (unpaired) electrons. The van der Waals surface area contributed by atoms with Crippen molar-refractivity contribution in [3.63, 3.8) is 0 Å². The standard InChI is InChI=1S/C32H25F4N3O2/c1-20-28(30(40)37-24-15-9-14-23(16-24)32(2,35)36)19-39(38-20)25-17-26(21-10-5-3-6-11-21)29(41-31(33)34)27(18-25)22-12-7-4-8-13-22/h3-19,31H,1-2H3,(H,37,40). The Bertz CT molecular complexity index is 1620. The number of nitrogens with one attached hydrogen (secondary N) is 1. The maximum Gasteiger partial charge on any atom is 0.387 e. The minimum atomic E-state index is -3.06. The van der Waals surface area contributed by atoms with Gasteiger partial charge in [0.2, 0.25) is 0 Å². The number of amides is 1. The van der Waals surface area contributed by atoms with Gasteiger partial charge in [-0.2, -0.15) is 13.9 Å². The fraction of sp³-hybridized carbons (Fsp3) is 0.125. The lowest BCUT2D eigenvalue weighted by Crippen LogP contribution is -2.14. The summed E-state index contributed by atoms with van der Waals surface area (Å²) in [6, 6.07) is 26.7. The molecule has 1 aromatic heterocycles. The van der Waals surface area contributed by atoms with E-state index in [1.807, 2.05) is 12.1 Å². The molecule has 5 rings (SSSR count). The SMILES string of the molecule is Cc1nn(-c2cc(-c3ccccc3)c(OC(F)F)c(-c3ccccc3)c2)cc1C(=O)Nc1cccc(C(C)(F)F)c1. The molecule has 41 heavy (non-hydrogen) atoms. The molecule has 0 aliphatic carbocycles. The van der Waals surface area contributed by atoms with Gasteiger partial charge in [-0.1, -0.05) is 72.8 Å². The highest BCUT2D eigenvalue weighted by atomic mass is 19.3. The van der Waals surface area contributed by atoms with Gasteiger partial charge in [0.1, 0.15) is 5.75 Å². The Balaban J connectivity index is 1.59. The van der Waals surface area contributed by atoms with Crippen LogP contribution in [0.3, 0.4) is 0 Å². The molecule has 0 aliphatic rings. The van der Waals surface area contributed by atoms with Crippen LogP contribution >= 0.6 is 0 Å². The van der Waals surface area contributed by atoms with Gasteiger partial charge < -0.3 is 10.1 Å². The molecule has 0 atom stereocenters. The third kappa shape index (κ3) is 6.14. The summed E-state index contributed by atoms with van der Waals surface area (Å²) in [6.07, 6.45) is 1.51. The molecule has 5 aromatic rings. The second-order valence-electron chi connectivity index (χ2n) is 9.48. The topological polar surface area (TPSA) is 56.2 Å². The van der Waals surface area contributed by atoms with Crippen LogP contribution in [0.25, 0.3) is 27.9 Å². The van der Waals surface area contributed by atoms with Crippen LogP contribution in [-0.4, -0.2) is 22.3 Å². The first-order valence-corrected chi connectivity index (χ1v) is 12.7. The highest BCUT2D eigenvalue weighted by molar-refractivity contribution is 6.05. The van der Waals surface area contributed by atoms with E-state index in [0.29, 0.717) is 33.6 Å². The van der Waals surface area contributed by atoms with Gasteiger partial charge in [0.25, 0.3) is 11.8 Å². The van der Waals surface area contributed by atoms with Crippen LogP contribution in [0.15, 0.2) is 103 Å². The molecule has 0 saturated carbocycles. The number of ether oxygens (including phenoxy) is 1. The van der Waals surface area contributed by atoms with Crippen LogP contribution in [0.1, 0.15) is 28.5 Å². The normalized spacial score (nSPS) is 11.5. The van der Waals surface area contributed by atoms with Crippen molar-refractivity contribution in [3.05, 3.63) is 120 Å². The molecule has 1 amide bonds. The first-order chi connectivity index (χ1) is 19.6. The number of rotatable bonds is 8. The van der Waals surface area contributed by atoms with E-state index >= 15 is 0 Å². The number of aromatic nitrogens is 2. The Kier molecular flexibility index (Phi) is 7.61. The molecule has 4 aromatic carbocycles. The number of hydrogen-bond donors (Lipinski definition) is 1. The van der Waals surface area contributed by atoms with Crippen molar-refractivity contribution in [3.8, 4) is 33.7 Å². The van der Waals surface area contributed by atoms with Crippen molar-refractivity contribution in [1.82, 2.24) is 9.78 Å². The van der Waals surface area contributed by atoms with Gasteiger partial charge in [-0.15, -0.1) is 0 Å². The minimum absolute atomic E-state index is 0.00982. The summed E-state index contributed by atoms with van der Waals surface area (Å²) in [4.78, 5) is 13.1. The zero-order valence-corrected chi connectivity index (χ0v) is 22.1. The summed E-state index contributed by atoms with van der Waals surface area (Å²) >= 11 is 0. The number of nitrogens with zero attached hydrogens (tertiary/aromatic N) is 2. The van der Waals surface area contributed by atoms with Crippen molar-refractivity contribution in [1.29, 1.82) is 0 Å². The largest absolute Gasteiger partial charge is 0.434 e. The van der Waals surface area contributed by atoms with Crippen molar-refractivity contribution in [2.75, 3.05) is 5.32 Å². The van der Waals surface area contributed by atoms with Crippen molar-refractivity contribution < 1.29 is 27.1 Å². The lowest BCUT2D eigenvalue weighted by atomic mass is 9.96. The highest BCUT2D eigenvalue weighted by Gasteiger charge is 2.25. The zero-order chi connectivity index (χ0) is 29.1. The van der Waals surface area contributed by atoms with Crippen LogP contribution in [0.2, 0.25) is 0 Å². The number of aryl methyl sites for hydroxylation is 1. The Labute approximate surface area is 234 Å². The lowest BCUT2D eigenvalue weighted by molar-refractivity contribution is -0.0490. The molecular formula is C32H25F4N3O2. The summed E-state index contributed by atoms with van der Waals surface area (Å²) < 4.78 is 61.4. The van der Waals surface area contributed by atoms with Crippen molar-refractivity contribution >= 4 is 11.6 Å². The molecule has 0 bridgehead atoms. The summed E-state index contributed by atoms with van der Waals surface area (Å²) in [6.45, 7) is -0.626. The van der Waals surface area contributed by atoms with E-state index in [9.17, 15) is 22.4 Å². The fourth-order valence-electron chi connectivity index (χ4n) is 4.51. The molecule has 0 saturated heterocycles. The molecule has 1 heterocycles. The maximum atomic E-state index is 13.8. The molecular weight excluding hydrogens is 534 g/mol. The minimum Gasteiger partial charge on any atom is -0.434 e. The summed E-state index contributed by atoms with van der Waals surface area (Å²) in [5, 5.41) is 7.16. The van der Waals surface area contributed by atoms with Crippen LogP contribution in [0, 0.1) is 6.92 Å². The Morgan fingerprint density at radius 1 is 0.878 bits per heavy atom. The maximum absolute atomic E-state index is 13.8. The van der Waals surface area contributed by atoms with Gasteiger partial charge in [-0.3, -0.25) is 4.79 Å². The molecule has 0 unspecified atom stereocenters. The number of benzene rings is 4. The van der Waals surface area contributed by atoms with E-state index in [-0.39, 0.29) is 22.6 Å². The van der Waals surface area contributed by atoms with E-state index in [4.69, 9.17) is 4.74 Å². The molecule has 1 N–H and O–H groups in total. The van der Waals surface area contributed by atoms with E-state index < -0.39 is 18.4 Å². The third-order valence-electron chi connectivity index (χ3n) is 6.49. The van der Waals surface area contributed by atoms with Crippen LogP contribution in [0.5, 0.6) is 5.75 Å². The predicted octanol–water partition coefficient (Wildman–Crippen LogP) is 8.48. The van der Waals surface area contributed by atoms with Gasteiger partial charge in [0.05, 0.1) is 16.9 Å². The van der Waals surface area contributed by atoms with Crippen molar-refractivity contribution in [2.45, 2.75) is 26.4 Å². The number of hydrogen-bond acceptors (Lipinski definition) is 3. The lowest BCUT2D eigenvalue weighted by Gasteiger charge is -2.18. The summed E-state index contributed by atoms with van der Waals surface area (Å²) in [5.41, 5.74) is 3.22. The van der Waals surface area contributed by atoms with E-state index in [2.05, 4.69) is 10.4 Å². The zero-order valence-electron chi connectivity index (χ0n) is 22.1. The first-order valence-electron chi connectivity index (χ1n) is 12.7. The molecule has 0 fully saturated rings. The number of alkyl halides is 4. The third-order valence-corrected chi connectivity index (χ3v) is 6.49. The van der Waals surface area contributed by atoms with E-state index in [0.717, 1.165) is 6.92 Å². The average Bonchev–Trinajstić information content (AvgIpc) is 3.35. The van der Waals surface area contributed by atoms with Crippen LogP contribution in [-0.2, 0) is 5.92 Å². The predicted molar refractivity (Wildman–Crippen MR) is 150 cm³/mol. The van der Waals surface area contributed by atoms with Gasteiger partial charge in [-0.25, -0.2) is 13.5 Å². The number of halogens is 4. The van der Waals surface area contributed by atoms with Gasteiger partial charge >= 0.3 is 6.61 Å². The quantitative estimate of drug-likeness (QED) is 0.194. The monoisotopic (exact) mass is 559 g/mol. The van der Waals surface area contributed by atoms with Gasteiger partial charge in [0.15, 0.2) is 0 Å². The van der Waals surface area contributed by atoms with E-state index in [1.165, 1.54) is 35.1 Å². The average molecular weight is 560 g/mol. The van der Waals surface area contributed by atoms with Gasteiger partial charge in [0, 0.05) is 35.5 Å². The number of anilines is 1. The first kappa shape index (κ1) is 27.6. The highest BCUT2D eigenvalue weighted by Crippen LogP contribution is 2.42. The molecule has 9 heteroatoms. The Morgan fingerprint density at radius 3 is 2.00 bits per heavy atom. The smallest absolute Gasteiger partial charge is 0.387 e. The fourth-order valence-corrected chi connectivity index (χ4v) is 4.51. The Morgan fingerprint density at radius 2 is 1.46 bits per heavy atom. The molecule has 0 spiro atoms. The summed E-state index contributed by atoms with van der Waals surface area (Å²) in [7, 11) is 0. The van der Waals surface area contributed by atoms with Crippen LogP contribution < -0.4 is 10.1 Å². The molecule has 208 valence electrons. The van der Waals surface area contributed by atoms with Crippen molar-refractivity contribution in [2.24, 2.45) is 0 Å². The molecule has 0 aliphatic heterocycles. The number of carbonyl (C=O) groups excluding carboxylic acids is 1. The Hall–Kier alpha value is -4.92. The molecule has 5 nitrogen and oxygen atoms in total. The van der Waals surface area contributed by atoms with Crippen LogP contribution in [0.4, 0.5) is 23.2 Å². The second kappa shape index (κ2) is 11.3. The second-order valence-corrected chi connectivity index (χ2v) is 9.48. The van der Waals surface area contributed by atoms with E-state index in [1.54, 1.807) is 67.6 Å². The number of carbonyl (C=O) groups is 1. The van der Waals surface area contributed by atoms with Gasteiger partial charge in [-0.05, 0) is 42.3 Å².